The summed E-state index contributed by atoms with van der Waals surface area (Å²) in [6, 6.07) is 3.97. The van der Waals surface area contributed by atoms with Gasteiger partial charge in [0.05, 0.1) is 16.8 Å². The molecular formula is C25H31N7OS. The molecule has 1 aromatic carbocycles. The van der Waals surface area contributed by atoms with E-state index in [-0.39, 0.29) is 0 Å². The fourth-order valence-corrected chi connectivity index (χ4v) is 6.05. The van der Waals surface area contributed by atoms with Crippen molar-refractivity contribution >= 4 is 57.1 Å². The lowest BCUT2D eigenvalue weighted by atomic mass is 9.97. The number of hydrogen-bond acceptors (Lipinski definition) is 8. The number of fused-ring (bicyclic) bond motifs is 3. The lowest BCUT2D eigenvalue weighted by Crippen LogP contribution is -2.35. The highest BCUT2D eigenvalue weighted by Crippen LogP contribution is 2.41. The molecule has 0 atom stereocenters. The molecular weight excluding hydrogens is 446 g/mol. The van der Waals surface area contributed by atoms with E-state index in [0.717, 1.165) is 73.0 Å². The zero-order valence-electron chi connectivity index (χ0n) is 19.3. The highest BCUT2D eigenvalue weighted by molar-refractivity contribution is 7.19. The van der Waals surface area contributed by atoms with Crippen molar-refractivity contribution in [3.8, 4) is 0 Å². The van der Waals surface area contributed by atoms with Crippen LogP contribution in [-0.4, -0.2) is 53.7 Å². The van der Waals surface area contributed by atoms with Crippen LogP contribution in [0.4, 0.5) is 22.9 Å². The fraction of sp³-hybridized carbons (Fsp3) is 0.440. The van der Waals surface area contributed by atoms with Gasteiger partial charge < -0.3 is 26.3 Å². The molecule has 34 heavy (non-hydrogen) atoms. The van der Waals surface area contributed by atoms with Crippen LogP contribution in [0.15, 0.2) is 18.5 Å². The smallest absolute Gasteiger partial charge is 0.209 e. The molecule has 0 bridgehead atoms. The average Bonchev–Trinajstić information content (AvgIpc) is 3.48. The normalized spacial score (nSPS) is 16.9. The molecule has 6 rings (SSSR count). The Morgan fingerprint density at radius 2 is 1.82 bits per heavy atom. The molecule has 2 saturated heterocycles. The Labute approximate surface area is 203 Å². The number of likely N-dealkylation sites (tertiary alicyclic amines) is 1. The van der Waals surface area contributed by atoms with Gasteiger partial charge in [0.1, 0.15) is 17.0 Å². The molecule has 9 heteroatoms. The van der Waals surface area contributed by atoms with Crippen molar-refractivity contribution in [2.24, 2.45) is 0 Å². The SMILES string of the molecule is N=Cc1cc(Nc2ncnc3sc4c(c23)CCCC4)c(N2CCCC2)cc1N.O=CN1CCC1. The molecule has 3 aromatic rings. The van der Waals surface area contributed by atoms with E-state index < -0.39 is 0 Å². The van der Waals surface area contributed by atoms with Crippen LogP contribution in [0.3, 0.4) is 0 Å². The zero-order chi connectivity index (χ0) is 23.5. The second-order valence-corrected chi connectivity index (χ2v) is 10.2. The number of nitrogens with zero attached hydrogens (tertiary/aromatic N) is 4. The minimum absolute atomic E-state index is 0.642. The Morgan fingerprint density at radius 1 is 1.03 bits per heavy atom. The van der Waals surface area contributed by atoms with Gasteiger partial charge in [0.2, 0.25) is 6.41 Å². The number of aromatic nitrogens is 2. The predicted molar refractivity (Wildman–Crippen MR) is 140 cm³/mol. The van der Waals surface area contributed by atoms with Gasteiger partial charge in [0.15, 0.2) is 0 Å². The summed E-state index contributed by atoms with van der Waals surface area (Å²) in [7, 11) is 0. The molecule has 0 unspecified atom stereocenters. The van der Waals surface area contributed by atoms with Gasteiger partial charge in [-0.05, 0) is 62.6 Å². The first-order chi connectivity index (χ1) is 16.7. The Balaban J connectivity index is 0.000000351. The molecule has 2 fully saturated rings. The number of aryl methyl sites for hydroxylation is 2. The number of benzene rings is 1. The molecule has 0 saturated carbocycles. The van der Waals surface area contributed by atoms with E-state index in [4.69, 9.17) is 11.1 Å². The van der Waals surface area contributed by atoms with E-state index in [1.165, 1.54) is 54.1 Å². The number of carbonyl (C=O) groups excluding carboxylic acids is 1. The first-order valence-corrected chi connectivity index (χ1v) is 12.9. The van der Waals surface area contributed by atoms with Crippen LogP contribution in [0.2, 0.25) is 0 Å². The molecule has 178 valence electrons. The first kappa shape index (κ1) is 22.6. The second kappa shape index (κ2) is 9.97. The highest BCUT2D eigenvalue weighted by Gasteiger charge is 2.22. The van der Waals surface area contributed by atoms with Gasteiger partial charge >= 0.3 is 0 Å². The van der Waals surface area contributed by atoms with Gasteiger partial charge in [-0.15, -0.1) is 11.3 Å². The van der Waals surface area contributed by atoms with Crippen LogP contribution >= 0.6 is 11.3 Å². The maximum atomic E-state index is 9.71. The summed E-state index contributed by atoms with van der Waals surface area (Å²) in [6.07, 6.45) is 12.2. The number of hydrogen-bond donors (Lipinski definition) is 3. The lowest BCUT2D eigenvalue weighted by molar-refractivity contribution is -0.121. The summed E-state index contributed by atoms with van der Waals surface area (Å²) in [6.45, 7) is 4.02. The number of carbonyl (C=O) groups is 1. The van der Waals surface area contributed by atoms with Crippen molar-refractivity contribution in [3.63, 3.8) is 0 Å². The molecule has 4 N–H and O–H groups in total. The topological polar surface area (TPSA) is 111 Å². The Morgan fingerprint density at radius 3 is 2.50 bits per heavy atom. The number of nitrogens with two attached hydrogens (primary N) is 1. The minimum atomic E-state index is 0.642. The first-order valence-electron chi connectivity index (χ1n) is 12.1. The van der Waals surface area contributed by atoms with Crippen molar-refractivity contribution < 1.29 is 4.79 Å². The van der Waals surface area contributed by atoms with Crippen molar-refractivity contribution in [2.45, 2.75) is 44.9 Å². The summed E-state index contributed by atoms with van der Waals surface area (Å²) in [5, 5.41) is 12.5. The predicted octanol–water partition coefficient (Wildman–Crippen LogP) is 4.34. The summed E-state index contributed by atoms with van der Waals surface area (Å²) >= 11 is 1.81. The van der Waals surface area contributed by atoms with Crippen LogP contribution < -0.4 is 16.0 Å². The minimum Gasteiger partial charge on any atom is -0.398 e. The Hall–Kier alpha value is -3.20. The highest BCUT2D eigenvalue weighted by atomic mass is 32.1. The van der Waals surface area contributed by atoms with Crippen LogP contribution in [0.25, 0.3) is 10.2 Å². The van der Waals surface area contributed by atoms with Crippen LogP contribution in [-0.2, 0) is 17.6 Å². The summed E-state index contributed by atoms with van der Waals surface area (Å²) < 4.78 is 0. The van der Waals surface area contributed by atoms with E-state index in [1.807, 2.05) is 12.1 Å². The van der Waals surface area contributed by atoms with Gasteiger partial charge in [-0.1, -0.05) is 0 Å². The van der Waals surface area contributed by atoms with E-state index in [9.17, 15) is 4.79 Å². The number of amides is 1. The zero-order valence-corrected chi connectivity index (χ0v) is 20.2. The molecule has 4 heterocycles. The number of nitrogens with one attached hydrogen (secondary N) is 2. The van der Waals surface area contributed by atoms with Crippen LogP contribution in [0.5, 0.6) is 0 Å². The number of anilines is 4. The largest absolute Gasteiger partial charge is 0.398 e. The molecule has 8 nitrogen and oxygen atoms in total. The van der Waals surface area contributed by atoms with Crippen molar-refractivity contribution in [1.82, 2.24) is 14.9 Å². The lowest BCUT2D eigenvalue weighted by Gasteiger charge is -2.25. The molecule has 0 spiro atoms. The molecule has 0 radical (unpaired) electrons. The molecule has 1 amide bonds. The molecule has 2 aromatic heterocycles. The third kappa shape index (κ3) is 4.44. The van der Waals surface area contributed by atoms with Gasteiger partial charge in [-0.25, -0.2) is 9.97 Å². The van der Waals surface area contributed by atoms with Crippen molar-refractivity contribution in [1.29, 1.82) is 5.41 Å². The number of nitrogen functional groups attached to an aromatic ring is 1. The van der Waals surface area contributed by atoms with Gasteiger partial charge in [-0.3, -0.25) is 4.79 Å². The van der Waals surface area contributed by atoms with E-state index in [1.54, 1.807) is 22.6 Å². The Kier molecular flexibility index (Phi) is 6.62. The van der Waals surface area contributed by atoms with E-state index >= 15 is 0 Å². The van der Waals surface area contributed by atoms with Crippen LogP contribution in [0, 0.1) is 5.41 Å². The maximum Gasteiger partial charge on any atom is 0.209 e. The van der Waals surface area contributed by atoms with Crippen LogP contribution in [0.1, 0.15) is 48.1 Å². The standard InChI is InChI=1S/C21H24N6S.C4H7NO/c22-11-13-9-16(17(10-15(13)23)27-7-3-4-8-27)26-20-19-14-5-1-2-6-18(14)28-21(19)25-12-24-20;6-4-5-2-1-3-5/h9-12,22H,1-8,23H2,(H,24,25,26);4H,1-3H2. The molecule has 2 aliphatic heterocycles. The van der Waals surface area contributed by atoms with Crippen molar-refractivity contribution in [3.05, 3.63) is 34.5 Å². The average molecular weight is 478 g/mol. The van der Waals surface area contributed by atoms with Gasteiger partial charge in [0, 0.05) is 48.5 Å². The van der Waals surface area contributed by atoms with E-state index in [2.05, 4.69) is 20.2 Å². The second-order valence-electron chi connectivity index (χ2n) is 9.07. The molecule has 1 aliphatic carbocycles. The third-order valence-corrected chi connectivity index (χ3v) is 8.05. The Bertz CT molecular complexity index is 1200. The summed E-state index contributed by atoms with van der Waals surface area (Å²) in [5.74, 6) is 0.866. The fourth-order valence-electron chi connectivity index (χ4n) is 4.82. The summed E-state index contributed by atoms with van der Waals surface area (Å²) in [5.41, 5.74) is 11.0. The maximum absolute atomic E-state index is 9.71. The quantitative estimate of drug-likeness (QED) is 0.286. The molecule has 3 aliphatic rings. The third-order valence-electron chi connectivity index (χ3n) is 6.85. The van der Waals surface area contributed by atoms with Gasteiger partial charge in [0.25, 0.3) is 0 Å². The van der Waals surface area contributed by atoms with Gasteiger partial charge in [-0.2, -0.15) is 0 Å². The number of thiophene rings is 1. The van der Waals surface area contributed by atoms with Crippen molar-refractivity contribution in [2.75, 3.05) is 42.1 Å². The van der Waals surface area contributed by atoms with E-state index in [0.29, 0.717) is 5.69 Å². The number of rotatable bonds is 5. The summed E-state index contributed by atoms with van der Waals surface area (Å²) in [4.78, 5) is 25.5. The monoisotopic (exact) mass is 477 g/mol.